The van der Waals surface area contributed by atoms with E-state index in [1.807, 2.05) is 52.6 Å². The number of aromatic nitrogens is 5. The Morgan fingerprint density at radius 1 is 1.16 bits per heavy atom. The molecule has 7 nitrogen and oxygen atoms in total. The minimum absolute atomic E-state index is 0.292. The molecule has 31 heavy (non-hydrogen) atoms. The van der Waals surface area contributed by atoms with Crippen LogP contribution in [0.25, 0.3) is 11.4 Å². The average Bonchev–Trinajstić information content (AvgIpc) is 3.30. The van der Waals surface area contributed by atoms with Gasteiger partial charge in [-0.25, -0.2) is 14.5 Å². The molecule has 0 saturated heterocycles. The van der Waals surface area contributed by atoms with E-state index in [2.05, 4.69) is 21.4 Å². The fourth-order valence-corrected chi connectivity index (χ4v) is 4.18. The molecule has 8 heteroatoms. The van der Waals surface area contributed by atoms with Crippen LogP contribution in [-0.2, 0) is 17.6 Å². The summed E-state index contributed by atoms with van der Waals surface area (Å²) < 4.78 is 9.05. The second kappa shape index (κ2) is 7.67. The number of aryl methyl sites for hydroxylation is 1. The number of benzene rings is 2. The van der Waals surface area contributed by atoms with Gasteiger partial charge in [0.25, 0.3) is 0 Å². The molecule has 2 aromatic heterocycles. The van der Waals surface area contributed by atoms with E-state index in [4.69, 9.17) is 16.3 Å². The number of carbonyl (C=O) groups excluding carboxylic acids is 1. The van der Waals surface area contributed by atoms with Crippen molar-refractivity contribution in [1.29, 1.82) is 0 Å². The highest BCUT2D eigenvalue weighted by atomic mass is 35.5. The Bertz CT molecular complexity index is 1310. The van der Waals surface area contributed by atoms with Gasteiger partial charge in [-0.3, -0.25) is 4.57 Å². The molecule has 0 fully saturated rings. The summed E-state index contributed by atoms with van der Waals surface area (Å²) in [6.07, 6.45) is 2.71. The van der Waals surface area contributed by atoms with E-state index in [1.54, 1.807) is 13.3 Å². The second-order valence-corrected chi connectivity index (χ2v) is 7.94. The van der Waals surface area contributed by atoms with E-state index in [0.717, 1.165) is 39.6 Å². The summed E-state index contributed by atoms with van der Waals surface area (Å²) in [5.74, 6) is -0.428. The maximum absolute atomic E-state index is 12.6. The highest BCUT2D eigenvalue weighted by molar-refractivity contribution is 6.30. The fraction of sp³-hybridized carbons (Fsp3) is 0.217. The summed E-state index contributed by atoms with van der Waals surface area (Å²) in [6, 6.07) is 13.8. The summed E-state index contributed by atoms with van der Waals surface area (Å²) in [5, 5.41) is 9.64. The van der Waals surface area contributed by atoms with Crippen molar-refractivity contribution in [3.63, 3.8) is 0 Å². The summed E-state index contributed by atoms with van der Waals surface area (Å²) in [7, 11) is 0. The summed E-state index contributed by atoms with van der Waals surface area (Å²) >= 11 is 6.17. The summed E-state index contributed by atoms with van der Waals surface area (Å²) in [4.78, 5) is 17.0. The van der Waals surface area contributed by atoms with Gasteiger partial charge in [0.1, 0.15) is 6.33 Å². The number of esters is 1. The lowest BCUT2D eigenvalue weighted by Crippen LogP contribution is -2.11. The zero-order valence-corrected chi connectivity index (χ0v) is 17.9. The van der Waals surface area contributed by atoms with Gasteiger partial charge >= 0.3 is 5.97 Å². The van der Waals surface area contributed by atoms with Gasteiger partial charge in [0.2, 0.25) is 0 Å². The van der Waals surface area contributed by atoms with E-state index >= 15 is 0 Å². The van der Waals surface area contributed by atoms with E-state index in [-0.39, 0.29) is 0 Å². The predicted octanol–water partition coefficient (Wildman–Crippen LogP) is 4.09. The zero-order valence-electron chi connectivity index (χ0n) is 17.2. The molecule has 0 amide bonds. The lowest BCUT2D eigenvalue weighted by molar-refractivity contribution is 0.0519. The van der Waals surface area contributed by atoms with Gasteiger partial charge < -0.3 is 4.74 Å². The lowest BCUT2D eigenvalue weighted by Gasteiger charge is -2.10. The minimum Gasteiger partial charge on any atom is -0.461 e. The SMILES string of the molecule is CCOC(=O)c1ncn2c1Cc1c(Cc3cccc(Cl)c3)nnn1-c1cc(C)ccc1-2. The van der Waals surface area contributed by atoms with E-state index in [9.17, 15) is 4.79 Å². The lowest BCUT2D eigenvalue weighted by atomic mass is 10.1. The number of nitrogens with zero attached hydrogens (tertiary/aromatic N) is 5. The first-order chi connectivity index (χ1) is 15.0. The van der Waals surface area contributed by atoms with Crippen molar-refractivity contribution in [3.8, 4) is 11.4 Å². The molecule has 0 atom stereocenters. The molecule has 0 spiro atoms. The third-order valence-electron chi connectivity index (χ3n) is 5.39. The van der Waals surface area contributed by atoms with Crippen molar-refractivity contribution in [3.05, 3.63) is 87.7 Å². The molecule has 1 aliphatic rings. The Morgan fingerprint density at radius 3 is 2.84 bits per heavy atom. The molecular formula is C23H20ClN5O2. The normalized spacial score (nSPS) is 12.0. The molecular weight excluding hydrogens is 414 g/mol. The van der Waals surface area contributed by atoms with Gasteiger partial charge in [0, 0.05) is 17.9 Å². The third kappa shape index (κ3) is 3.41. The topological polar surface area (TPSA) is 74.8 Å². The van der Waals surface area contributed by atoms with E-state index in [1.165, 1.54) is 0 Å². The average molecular weight is 434 g/mol. The summed E-state index contributed by atoms with van der Waals surface area (Å²) in [6.45, 7) is 4.11. The van der Waals surface area contributed by atoms with Gasteiger partial charge in [-0.05, 0) is 49.2 Å². The van der Waals surface area contributed by atoms with Crippen LogP contribution in [0.5, 0.6) is 0 Å². The molecule has 0 unspecified atom stereocenters. The monoisotopic (exact) mass is 433 g/mol. The third-order valence-corrected chi connectivity index (χ3v) is 5.63. The number of carbonyl (C=O) groups is 1. The largest absolute Gasteiger partial charge is 0.461 e. The van der Waals surface area contributed by atoms with Crippen LogP contribution in [-0.4, -0.2) is 37.1 Å². The molecule has 1 aliphatic heterocycles. The number of fused-ring (bicyclic) bond motifs is 5. The van der Waals surface area contributed by atoms with Crippen molar-refractivity contribution in [2.24, 2.45) is 0 Å². The van der Waals surface area contributed by atoms with Crippen LogP contribution in [0.2, 0.25) is 5.02 Å². The van der Waals surface area contributed by atoms with Crippen molar-refractivity contribution >= 4 is 17.6 Å². The fourth-order valence-electron chi connectivity index (χ4n) is 3.97. The number of ether oxygens (including phenoxy) is 1. The molecule has 0 aliphatic carbocycles. The van der Waals surface area contributed by atoms with Crippen molar-refractivity contribution in [2.45, 2.75) is 26.7 Å². The van der Waals surface area contributed by atoms with Crippen molar-refractivity contribution < 1.29 is 9.53 Å². The zero-order chi connectivity index (χ0) is 21.5. The molecule has 156 valence electrons. The molecule has 3 heterocycles. The molecule has 0 radical (unpaired) electrons. The van der Waals surface area contributed by atoms with Crippen LogP contribution >= 0.6 is 11.6 Å². The first-order valence-corrected chi connectivity index (χ1v) is 10.5. The molecule has 4 aromatic rings. The Morgan fingerprint density at radius 2 is 2.03 bits per heavy atom. The Labute approximate surface area is 184 Å². The Kier molecular flexibility index (Phi) is 4.82. The second-order valence-electron chi connectivity index (χ2n) is 7.50. The molecule has 0 saturated carbocycles. The predicted molar refractivity (Wildman–Crippen MR) is 116 cm³/mol. The highest BCUT2D eigenvalue weighted by Gasteiger charge is 2.28. The Hall–Kier alpha value is -3.45. The van der Waals surface area contributed by atoms with Crippen molar-refractivity contribution in [1.82, 2.24) is 24.5 Å². The minimum atomic E-state index is -0.428. The van der Waals surface area contributed by atoms with Crippen LogP contribution < -0.4 is 0 Å². The first kappa shape index (κ1) is 19.5. The number of hydrogen-bond acceptors (Lipinski definition) is 5. The van der Waals surface area contributed by atoms with Gasteiger partial charge in [0.15, 0.2) is 5.69 Å². The quantitative estimate of drug-likeness (QED) is 0.399. The van der Waals surface area contributed by atoms with Crippen LogP contribution in [0.15, 0.2) is 48.8 Å². The number of halogens is 1. The highest BCUT2D eigenvalue weighted by Crippen LogP contribution is 2.31. The Balaban J connectivity index is 1.68. The number of rotatable bonds is 4. The van der Waals surface area contributed by atoms with E-state index < -0.39 is 5.97 Å². The van der Waals surface area contributed by atoms with Gasteiger partial charge in [0.05, 0.1) is 35.1 Å². The van der Waals surface area contributed by atoms with Crippen molar-refractivity contribution in [2.75, 3.05) is 6.61 Å². The first-order valence-electron chi connectivity index (χ1n) is 10.1. The maximum atomic E-state index is 12.6. The van der Waals surface area contributed by atoms with Gasteiger partial charge in [-0.2, -0.15) is 0 Å². The standard InChI is InChI=1S/C23H20ClN5O2/c1-3-31-23(30)22-21-12-19-17(11-15-5-4-6-16(24)10-15)26-27-29(19)20-9-14(2)7-8-18(20)28(21)13-25-22/h4-10,13H,3,11-12H2,1-2H3. The molecule has 0 bridgehead atoms. The molecule has 5 rings (SSSR count). The van der Waals surface area contributed by atoms with Gasteiger partial charge in [-0.1, -0.05) is 35.0 Å². The number of imidazole rings is 1. The molecule has 0 N–H and O–H groups in total. The van der Waals surface area contributed by atoms with Crippen LogP contribution in [0.1, 0.15) is 45.6 Å². The van der Waals surface area contributed by atoms with Crippen LogP contribution in [0.3, 0.4) is 0 Å². The van der Waals surface area contributed by atoms with Crippen LogP contribution in [0.4, 0.5) is 0 Å². The summed E-state index contributed by atoms with van der Waals surface area (Å²) in [5.41, 5.74) is 6.76. The van der Waals surface area contributed by atoms with E-state index in [0.29, 0.717) is 30.2 Å². The van der Waals surface area contributed by atoms with Gasteiger partial charge in [-0.15, -0.1) is 5.10 Å². The van der Waals surface area contributed by atoms with Crippen LogP contribution in [0, 0.1) is 6.92 Å². The number of hydrogen-bond donors (Lipinski definition) is 0. The maximum Gasteiger partial charge on any atom is 0.358 e. The molecule has 2 aromatic carbocycles. The smallest absolute Gasteiger partial charge is 0.358 e.